The van der Waals surface area contributed by atoms with Gasteiger partial charge in [0.05, 0.1) is 17.0 Å². The van der Waals surface area contributed by atoms with Gasteiger partial charge in [0, 0.05) is 18.2 Å². The summed E-state index contributed by atoms with van der Waals surface area (Å²) in [5.74, 6) is -0.643. The molecule has 5 heteroatoms. The molecule has 0 aromatic heterocycles. The summed E-state index contributed by atoms with van der Waals surface area (Å²) >= 11 is 3.06. The summed E-state index contributed by atoms with van der Waals surface area (Å²) in [6.07, 6.45) is 2.24. The van der Waals surface area contributed by atoms with Gasteiger partial charge in [-0.15, -0.1) is 0 Å². The van der Waals surface area contributed by atoms with Gasteiger partial charge in [-0.3, -0.25) is 4.79 Å². The van der Waals surface area contributed by atoms with Crippen molar-refractivity contribution in [2.45, 2.75) is 25.3 Å². The molecule has 94 valence electrons. The lowest BCUT2D eigenvalue weighted by atomic mass is 10.2. The predicted molar refractivity (Wildman–Crippen MR) is 68.4 cm³/mol. The van der Waals surface area contributed by atoms with Crippen LogP contribution in [0.15, 0.2) is 22.7 Å². The van der Waals surface area contributed by atoms with Crippen molar-refractivity contribution in [3.8, 4) is 6.07 Å². The Balaban J connectivity index is 2.17. The van der Waals surface area contributed by atoms with Crippen LogP contribution in [0.4, 0.5) is 4.39 Å². The monoisotopic (exact) mass is 310 g/mol. The van der Waals surface area contributed by atoms with Gasteiger partial charge in [0.15, 0.2) is 0 Å². The van der Waals surface area contributed by atoms with Gasteiger partial charge in [-0.1, -0.05) is 0 Å². The average molecular weight is 311 g/mol. The van der Waals surface area contributed by atoms with Crippen LogP contribution in [0.25, 0.3) is 0 Å². The molecule has 1 aliphatic rings. The number of hydrogen-bond donors (Lipinski definition) is 0. The van der Waals surface area contributed by atoms with Crippen LogP contribution in [-0.4, -0.2) is 23.4 Å². The minimum Gasteiger partial charge on any atom is -0.335 e. The lowest BCUT2D eigenvalue weighted by Crippen LogP contribution is -2.34. The SMILES string of the molecule is N#CCCN(C(=O)c1ccc(Br)c(F)c1)C1CC1. The number of nitrogens with zero attached hydrogens (tertiary/aromatic N) is 2. The molecule has 0 radical (unpaired) electrons. The molecule has 1 fully saturated rings. The van der Waals surface area contributed by atoms with Gasteiger partial charge in [0.2, 0.25) is 0 Å². The van der Waals surface area contributed by atoms with Crippen molar-refractivity contribution in [1.29, 1.82) is 5.26 Å². The van der Waals surface area contributed by atoms with E-state index < -0.39 is 5.82 Å². The van der Waals surface area contributed by atoms with Crippen LogP contribution in [0.1, 0.15) is 29.6 Å². The molecular formula is C13H12BrFN2O. The van der Waals surface area contributed by atoms with Crippen LogP contribution in [0.5, 0.6) is 0 Å². The number of rotatable bonds is 4. The Hall–Kier alpha value is -1.41. The van der Waals surface area contributed by atoms with E-state index in [2.05, 4.69) is 15.9 Å². The van der Waals surface area contributed by atoms with Crippen molar-refractivity contribution in [3.63, 3.8) is 0 Å². The summed E-state index contributed by atoms with van der Waals surface area (Å²) in [5, 5.41) is 8.60. The third-order valence-corrected chi connectivity index (χ3v) is 3.52. The lowest BCUT2D eigenvalue weighted by molar-refractivity contribution is 0.0746. The Labute approximate surface area is 113 Å². The minimum atomic E-state index is -0.447. The van der Waals surface area contributed by atoms with Gasteiger partial charge in [0.1, 0.15) is 5.82 Å². The fraction of sp³-hybridized carbons (Fsp3) is 0.385. The summed E-state index contributed by atoms with van der Waals surface area (Å²) in [5.41, 5.74) is 0.334. The van der Waals surface area contributed by atoms with Crippen molar-refractivity contribution in [2.75, 3.05) is 6.54 Å². The van der Waals surface area contributed by atoms with Gasteiger partial charge in [0.25, 0.3) is 5.91 Å². The van der Waals surface area contributed by atoms with E-state index in [1.165, 1.54) is 12.1 Å². The topological polar surface area (TPSA) is 44.1 Å². The van der Waals surface area contributed by atoms with Crippen LogP contribution in [0, 0.1) is 17.1 Å². The van der Waals surface area contributed by atoms with Crippen molar-refractivity contribution in [1.82, 2.24) is 4.90 Å². The van der Waals surface area contributed by atoms with Crippen molar-refractivity contribution >= 4 is 21.8 Å². The second-order valence-electron chi connectivity index (χ2n) is 4.27. The molecule has 1 saturated carbocycles. The Morgan fingerprint density at radius 1 is 1.56 bits per heavy atom. The number of nitriles is 1. The second-order valence-corrected chi connectivity index (χ2v) is 5.12. The molecule has 1 aromatic rings. The molecule has 0 spiro atoms. The fourth-order valence-corrected chi connectivity index (χ4v) is 2.05. The largest absolute Gasteiger partial charge is 0.335 e. The smallest absolute Gasteiger partial charge is 0.254 e. The molecule has 3 nitrogen and oxygen atoms in total. The lowest BCUT2D eigenvalue weighted by Gasteiger charge is -2.21. The first-order chi connectivity index (χ1) is 8.63. The van der Waals surface area contributed by atoms with Crippen LogP contribution in [0.3, 0.4) is 0 Å². The minimum absolute atomic E-state index is 0.195. The standard InChI is InChI=1S/C13H12BrFN2O/c14-11-5-2-9(8-12(11)15)13(18)17(7-1-6-16)10-3-4-10/h2,5,8,10H,1,3-4,7H2. The molecule has 18 heavy (non-hydrogen) atoms. The van der Waals surface area contributed by atoms with Gasteiger partial charge in [-0.2, -0.15) is 5.26 Å². The van der Waals surface area contributed by atoms with Crippen molar-refractivity contribution in [3.05, 3.63) is 34.1 Å². The Kier molecular flexibility index (Phi) is 3.97. The predicted octanol–water partition coefficient (Wildman–Crippen LogP) is 3.11. The molecule has 2 rings (SSSR count). The van der Waals surface area contributed by atoms with E-state index in [0.29, 0.717) is 23.0 Å². The second kappa shape index (κ2) is 5.49. The molecular weight excluding hydrogens is 299 g/mol. The summed E-state index contributed by atoms with van der Waals surface area (Å²) in [4.78, 5) is 13.9. The molecule has 0 heterocycles. The fourth-order valence-electron chi connectivity index (χ4n) is 1.80. The van der Waals surface area contributed by atoms with Gasteiger partial charge >= 0.3 is 0 Å². The molecule has 0 atom stereocenters. The summed E-state index contributed by atoms with van der Waals surface area (Å²) in [6, 6.07) is 6.60. The van der Waals surface area contributed by atoms with Crippen LogP contribution < -0.4 is 0 Å². The average Bonchev–Trinajstić information content (AvgIpc) is 3.17. The first-order valence-electron chi connectivity index (χ1n) is 5.76. The van der Waals surface area contributed by atoms with Gasteiger partial charge in [-0.25, -0.2) is 4.39 Å². The number of carbonyl (C=O) groups is 1. The summed E-state index contributed by atoms with van der Waals surface area (Å²) < 4.78 is 13.7. The Morgan fingerprint density at radius 3 is 2.83 bits per heavy atom. The Bertz CT molecular complexity index is 508. The Morgan fingerprint density at radius 2 is 2.28 bits per heavy atom. The molecule has 0 bridgehead atoms. The van der Waals surface area contributed by atoms with Gasteiger partial charge < -0.3 is 4.90 Å². The third-order valence-electron chi connectivity index (χ3n) is 2.88. The highest BCUT2D eigenvalue weighted by Crippen LogP contribution is 2.29. The van der Waals surface area contributed by atoms with E-state index in [-0.39, 0.29) is 11.9 Å². The molecule has 0 N–H and O–H groups in total. The van der Waals surface area contributed by atoms with E-state index in [1.54, 1.807) is 11.0 Å². The molecule has 0 unspecified atom stereocenters. The molecule has 1 aromatic carbocycles. The van der Waals surface area contributed by atoms with E-state index in [0.717, 1.165) is 12.8 Å². The first kappa shape index (κ1) is 13.0. The highest BCUT2D eigenvalue weighted by Gasteiger charge is 2.32. The summed E-state index contributed by atoms with van der Waals surface area (Å²) in [6.45, 7) is 0.414. The number of benzene rings is 1. The zero-order valence-corrected chi connectivity index (χ0v) is 11.3. The highest BCUT2D eigenvalue weighted by molar-refractivity contribution is 9.10. The number of halogens is 2. The third kappa shape index (κ3) is 2.88. The maximum absolute atomic E-state index is 13.4. The maximum Gasteiger partial charge on any atom is 0.254 e. The van der Waals surface area contributed by atoms with E-state index in [1.807, 2.05) is 6.07 Å². The molecule has 0 aliphatic heterocycles. The highest BCUT2D eigenvalue weighted by atomic mass is 79.9. The van der Waals surface area contributed by atoms with Crippen LogP contribution in [-0.2, 0) is 0 Å². The molecule has 1 amide bonds. The van der Waals surface area contributed by atoms with Crippen molar-refractivity contribution < 1.29 is 9.18 Å². The van der Waals surface area contributed by atoms with Crippen LogP contribution in [0.2, 0.25) is 0 Å². The normalized spacial score (nSPS) is 14.1. The quantitative estimate of drug-likeness (QED) is 0.857. The zero-order chi connectivity index (χ0) is 13.1. The maximum atomic E-state index is 13.4. The summed E-state index contributed by atoms with van der Waals surface area (Å²) in [7, 11) is 0. The zero-order valence-electron chi connectivity index (χ0n) is 9.70. The van der Waals surface area contributed by atoms with Crippen LogP contribution >= 0.6 is 15.9 Å². The van der Waals surface area contributed by atoms with Crippen molar-refractivity contribution in [2.24, 2.45) is 0 Å². The number of hydrogen-bond acceptors (Lipinski definition) is 2. The van der Waals surface area contributed by atoms with E-state index >= 15 is 0 Å². The van der Waals surface area contributed by atoms with E-state index in [4.69, 9.17) is 5.26 Å². The first-order valence-corrected chi connectivity index (χ1v) is 6.55. The molecule has 0 saturated heterocycles. The number of amides is 1. The number of carbonyl (C=O) groups excluding carboxylic acids is 1. The van der Waals surface area contributed by atoms with E-state index in [9.17, 15) is 9.18 Å². The van der Waals surface area contributed by atoms with Gasteiger partial charge in [-0.05, 0) is 47.0 Å². The molecule has 1 aliphatic carbocycles.